The number of halogens is 2. The quantitative estimate of drug-likeness (QED) is 0.286. The van der Waals surface area contributed by atoms with Gasteiger partial charge in [-0.25, -0.2) is 4.98 Å². The summed E-state index contributed by atoms with van der Waals surface area (Å²) in [6.07, 6.45) is 5.53. The second kappa shape index (κ2) is 9.33. The number of aliphatic hydroxyl groups is 1. The fourth-order valence-electron chi connectivity index (χ4n) is 6.28. The number of rotatable bonds is 4. The van der Waals surface area contributed by atoms with Crippen molar-refractivity contribution in [3.63, 3.8) is 0 Å². The van der Waals surface area contributed by atoms with Gasteiger partial charge in [0, 0.05) is 23.8 Å². The molecule has 0 radical (unpaired) electrons. The van der Waals surface area contributed by atoms with E-state index < -0.39 is 5.60 Å². The van der Waals surface area contributed by atoms with Crippen LogP contribution in [0.1, 0.15) is 74.8 Å². The molecule has 6 rings (SSSR count). The zero-order chi connectivity index (χ0) is 25.9. The van der Waals surface area contributed by atoms with E-state index in [1.165, 1.54) is 0 Å². The first-order chi connectivity index (χ1) is 17.7. The highest BCUT2D eigenvalue weighted by Gasteiger charge is 2.36. The number of hydrogen-bond donors (Lipinski definition) is 1. The third kappa shape index (κ3) is 4.43. The Balaban J connectivity index is 1.47. The van der Waals surface area contributed by atoms with E-state index in [2.05, 4.69) is 32.8 Å². The van der Waals surface area contributed by atoms with Gasteiger partial charge in [0.25, 0.3) is 0 Å². The van der Waals surface area contributed by atoms with Gasteiger partial charge in [-0.15, -0.1) is 0 Å². The molecule has 2 aromatic heterocycles. The highest BCUT2D eigenvalue weighted by molar-refractivity contribution is 6.42. The minimum absolute atomic E-state index is 0.134. The molecule has 8 heteroatoms. The molecule has 4 aromatic rings. The molecule has 0 unspecified atom stereocenters. The fraction of sp³-hybridized carbons (Fsp3) is 0.448. The summed E-state index contributed by atoms with van der Waals surface area (Å²) >= 11 is 12.6. The summed E-state index contributed by atoms with van der Waals surface area (Å²) in [4.78, 5) is 7.71. The fourth-order valence-corrected chi connectivity index (χ4v) is 6.57. The van der Waals surface area contributed by atoms with Crippen molar-refractivity contribution in [2.75, 3.05) is 11.4 Å². The molecule has 3 heterocycles. The monoisotopic (exact) mass is 538 g/mol. The van der Waals surface area contributed by atoms with Crippen molar-refractivity contribution in [1.82, 2.24) is 14.7 Å². The number of fused-ring (bicyclic) bond motifs is 1. The maximum Gasteiger partial charge on any atom is 0.141 e. The van der Waals surface area contributed by atoms with Gasteiger partial charge in [0.05, 0.1) is 38.4 Å². The Morgan fingerprint density at radius 1 is 1.03 bits per heavy atom. The molecule has 1 aliphatic carbocycles. The number of nitrogens with zero attached hydrogens (tertiary/aromatic N) is 4. The summed E-state index contributed by atoms with van der Waals surface area (Å²) in [6.45, 7) is 6.82. The maximum atomic E-state index is 10.6. The molecule has 6 nitrogen and oxygen atoms in total. The van der Waals surface area contributed by atoms with Gasteiger partial charge in [0.2, 0.25) is 0 Å². The molecule has 2 aliphatic rings. The molecule has 0 spiro atoms. The Bertz CT molecular complexity index is 1440. The lowest BCUT2D eigenvalue weighted by Gasteiger charge is -2.36. The zero-order valence-electron chi connectivity index (χ0n) is 21.5. The molecule has 2 aromatic carbocycles. The van der Waals surface area contributed by atoms with Gasteiger partial charge in [-0.2, -0.15) is 0 Å². The Morgan fingerprint density at radius 2 is 1.81 bits per heavy atom. The molecule has 0 amide bonds. The largest absolute Gasteiger partial charge is 0.390 e. The van der Waals surface area contributed by atoms with Crippen LogP contribution in [0.5, 0.6) is 0 Å². The number of aromatic nitrogens is 3. The molecular weight excluding hydrogens is 507 g/mol. The Kier molecular flexibility index (Phi) is 6.25. The van der Waals surface area contributed by atoms with E-state index in [1.54, 1.807) is 0 Å². The minimum atomic E-state index is -0.594. The summed E-state index contributed by atoms with van der Waals surface area (Å²) < 4.78 is 7.90. The molecule has 1 N–H and O–H groups in total. The molecule has 1 aliphatic heterocycles. The van der Waals surface area contributed by atoms with E-state index >= 15 is 0 Å². The van der Waals surface area contributed by atoms with Crippen LogP contribution in [0.25, 0.3) is 22.2 Å². The van der Waals surface area contributed by atoms with Crippen molar-refractivity contribution in [3.05, 3.63) is 63.7 Å². The minimum Gasteiger partial charge on any atom is -0.390 e. The Hall–Kier alpha value is -2.54. The lowest BCUT2D eigenvalue weighted by atomic mass is 9.83. The van der Waals surface area contributed by atoms with Crippen molar-refractivity contribution in [2.45, 2.75) is 77.0 Å². The first-order valence-electron chi connectivity index (χ1n) is 13.1. The highest BCUT2D eigenvalue weighted by Crippen LogP contribution is 2.43. The number of aryl methyl sites for hydroxylation is 2. The number of imidazole rings is 1. The van der Waals surface area contributed by atoms with Crippen LogP contribution < -0.4 is 4.90 Å². The predicted octanol–water partition coefficient (Wildman–Crippen LogP) is 7.82. The van der Waals surface area contributed by atoms with Crippen LogP contribution in [0.15, 0.2) is 40.9 Å². The molecule has 0 bridgehead atoms. The molecule has 1 saturated heterocycles. The topological polar surface area (TPSA) is 67.3 Å². The normalized spacial score (nSPS) is 24.3. The number of benzene rings is 2. The SMILES string of the molecule is Cc1noc(C)c1-c1ccc2c(c1)nc([C@@H]1CCCN1c1ccc(Cl)c(Cl)c1)n2[C@H]1CC[C@@](C)(O)CC1. The second-order valence-corrected chi connectivity index (χ2v) is 11.7. The first kappa shape index (κ1) is 24.8. The van der Waals surface area contributed by atoms with E-state index in [0.29, 0.717) is 16.1 Å². The predicted molar refractivity (Wildman–Crippen MR) is 149 cm³/mol. The van der Waals surface area contributed by atoms with E-state index in [4.69, 9.17) is 32.7 Å². The highest BCUT2D eigenvalue weighted by atomic mass is 35.5. The molecule has 37 heavy (non-hydrogen) atoms. The standard InChI is InChI=1S/C29H32Cl2N4O2/c1-17-27(18(2)37-33-17)19-6-9-25-24(15-19)32-28(35(25)20-10-12-29(3,36)13-11-20)26-5-4-14-34(26)21-7-8-22(30)23(31)16-21/h6-9,15-16,20,26,36H,4-5,10-14H2,1-3H3/t20-,26-,29+/m0/s1. The van der Waals surface area contributed by atoms with Crippen molar-refractivity contribution in [2.24, 2.45) is 0 Å². The van der Waals surface area contributed by atoms with Gasteiger partial charge in [-0.3, -0.25) is 0 Å². The van der Waals surface area contributed by atoms with Gasteiger partial charge in [0.15, 0.2) is 0 Å². The summed E-state index contributed by atoms with van der Waals surface area (Å²) in [5.74, 6) is 1.90. The second-order valence-electron chi connectivity index (χ2n) is 10.9. The maximum absolute atomic E-state index is 10.6. The van der Waals surface area contributed by atoms with Gasteiger partial charge >= 0.3 is 0 Å². The average Bonchev–Trinajstić information content (AvgIpc) is 3.57. The van der Waals surface area contributed by atoms with Crippen molar-refractivity contribution in [1.29, 1.82) is 0 Å². The van der Waals surface area contributed by atoms with Crippen LogP contribution in [0.3, 0.4) is 0 Å². The van der Waals surface area contributed by atoms with Gasteiger partial charge in [-0.05, 0) is 95.2 Å². The Labute approximate surface area is 227 Å². The Morgan fingerprint density at radius 3 is 2.51 bits per heavy atom. The van der Waals surface area contributed by atoms with Crippen LogP contribution >= 0.6 is 23.2 Å². The molecule has 1 saturated carbocycles. The van der Waals surface area contributed by atoms with E-state index in [9.17, 15) is 5.11 Å². The number of hydrogen-bond acceptors (Lipinski definition) is 5. The summed E-state index contributed by atoms with van der Waals surface area (Å²) in [7, 11) is 0. The van der Waals surface area contributed by atoms with Crippen molar-refractivity contribution < 1.29 is 9.63 Å². The molecule has 2 fully saturated rings. The van der Waals surface area contributed by atoms with Gasteiger partial charge in [-0.1, -0.05) is 34.4 Å². The van der Waals surface area contributed by atoms with Gasteiger partial charge in [0.1, 0.15) is 11.6 Å². The first-order valence-corrected chi connectivity index (χ1v) is 13.9. The van der Waals surface area contributed by atoms with Crippen LogP contribution in [-0.2, 0) is 0 Å². The van der Waals surface area contributed by atoms with Crippen LogP contribution in [0.2, 0.25) is 10.0 Å². The van der Waals surface area contributed by atoms with Crippen molar-refractivity contribution in [3.8, 4) is 11.1 Å². The lowest BCUT2D eigenvalue weighted by Crippen LogP contribution is -2.33. The van der Waals surface area contributed by atoms with Crippen LogP contribution in [0, 0.1) is 13.8 Å². The molecular formula is C29H32Cl2N4O2. The molecule has 1 atom stereocenters. The lowest BCUT2D eigenvalue weighted by molar-refractivity contribution is 0.00996. The average molecular weight is 540 g/mol. The smallest absolute Gasteiger partial charge is 0.141 e. The van der Waals surface area contributed by atoms with E-state index in [0.717, 1.165) is 90.2 Å². The third-order valence-corrected chi connectivity index (χ3v) is 8.96. The van der Waals surface area contributed by atoms with Crippen molar-refractivity contribution >= 4 is 39.9 Å². The summed E-state index contributed by atoms with van der Waals surface area (Å²) in [5.41, 5.74) is 5.57. The van der Waals surface area contributed by atoms with Gasteiger partial charge < -0.3 is 19.1 Å². The molecule has 194 valence electrons. The summed E-state index contributed by atoms with van der Waals surface area (Å²) in [6, 6.07) is 12.8. The van der Waals surface area contributed by atoms with E-state index in [-0.39, 0.29) is 6.04 Å². The number of anilines is 1. The third-order valence-electron chi connectivity index (χ3n) is 8.22. The summed E-state index contributed by atoms with van der Waals surface area (Å²) in [5, 5.41) is 15.9. The van der Waals surface area contributed by atoms with Crippen LogP contribution in [-0.4, -0.2) is 32.0 Å². The van der Waals surface area contributed by atoms with Crippen LogP contribution in [0.4, 0.5) is 5.69 Å². The zero-order valence-corrected chi connectivity index (χ0v) is 23.0. The van der Waals surface area contributed by atoms with E-state index in [1.807, 2.05) is 39.0 Å².